The van der Waals surface area contributed by atoms with Crippen LogP contribution in [0.1, 0.15) is 11.1 Å². The summed E-state index contributed by atoms with van der Waals surface area (Å²) in [5.41, 5.74) is 18.2. The molecule has 0 amide bonds. The van der Waals surface area contributed by atoms with Crippen LogP contribution in [0.3, 0.4) is 0 Å². The maximum absolute atomic E-state index is 4.39. The van der Waals surface area contributed by atoms with Crippen LogP contribution in [0.15, 0.2) is 170 Å². The average molecular weight is 655 g/mol. The molecule has 0 saturated heterocycles. The summed E-state index contributed by atoms with van der Waals surface area (Å²) in [7, 11) is 0. The van der Waals surface area contributed by atoms with Gasteiger partial charge >= 0.3 is 0 Å². The van der Waals surface area contributed by atoms with Gasteiger partial charge in [0.15, 0.2) is 0 Å². The minimum absolute atomic E-state index is 0.997. The molecule has 0 fully saturated rings. The van der Waals surface area contributed by atoms with Crippen LogP contribution >= 0.6 is 0 Å². The van der Waals surface area contributed by atoms with Crippen molar-refractivity contribution in [3.63, 3.8) is 0 Å². The minimum Gasteiger partial charge on any atom is -0.361 e. The van der Waals surface area contributed by atoms with Crippen molar-refractivity contribution in [2.24, 2.45) is 0 Å². The summed E-state index contributed by atoms with van der Waals surface area (Å²) in [5.74, 6) is 0. The molecule has 1 aliphatic carbocycles. The third-order valence-electron chi connectivity index (χ3n) is 10.4. The van der Waals surface area contributed by atoms with Crippen LogP contribution in [0.25, 0.3) is 72.1 Å². The van der Waals surface area contributed by atoms with Gasteiger partial charge in [-0.3, -0.25) is 4.98 Å². The molecule has 1 aliphatic rings. The van der Waals surface area contributed by atoms with Crippen LogP contribution in [0.5, 0.6) is 0 Å². The highest BCUT2D eigenvalue weighted by molar-refractivity contribution is 6.12. The summed E-state index contributed by atoms with van der Waals surface area (Å²) in [6.07, 6.45) is 7.75. The van der Waals surface area contributed by atoms with E-state index >= 15 is 0 Å². The lowest BCUT2D eigenvalue weighted by Gasteiger charge is -2.22. The fourth-order valence-electron chi connectivity index (χ4n) is 7.88. The van der Waals surface area contributed by atoms with Crippen molar-refractivity contribution in [2.45, 2.75) is 12.8 Å². The van der Waals surface area contributed by atoms with Crippen molar-refractivity contribution >= 4 is 33.2 Å². The van der Waals surface area contributed by atoms with E-state index in [1.807, 2.05) is 30.7 Å². The first-order valence-electron chi connectivity index (χ1n) is 17.6. The van der Waals surface area contributed by atoms with Gasteiger partial charge in [0.25, 0.3) is 0 Å². The van der Waals surface area contributed by atoms with Crippen LogP contribution in [0, 0.1) is 0 Å². The molecule has 10 rings (SSSR count). The Morgan fingerprint density at radius 1 is 0.529 bits per heavy atom. The number of rotatable bonds is 6. The van der Waals surface area contributed by atoms with E-state index in [1.165, 1.54) is 66.4 Å². The summed E-state index contributed by atoms with van der Waals surface area (Å²) < 4.78 is 2.43. The summed E-state index contributed by atoms with van der Waals surface area (Å²) in [6, 6.07) is 54.9. The monoisotopic (exact) mass is 654 g/mol. The number of nitrogens with one attached hydrogen (secondary N) is 2. The minimum atomic E-state index is 0.997. The topological polar surface area (TPSA) is 45.6 Å². The summed E-state index contributed by atoms with van der Waals surface area (Å²) in [4.78, 5) is 7.79. The van der Waals surface area contributed by atoms with E-state index in [0.717, 1.165) is 41.0 Å². The van der Waals surface area contributed by atoms with Gasteiger partial charge in [-0.25, -0.2) is 0 Å². The fraction of sp³-hybridized carbons (Fsp3) is 0.0426. The van der Waals surface area contributed by atoms with Gasteiger partial charge < -0.3 is 14.9 Å². The third kappa shape index (κ3) is 5.12. The smallest absolute Gasteiger partial charge is 0.0547 e. The molecule has 6 aromatic carbocycles. The quantitative estimate of drug-likeness (QED) is 0.187. The largest absolute Gasteiger partial charge is 0.361 e. The van der Waals surface area contributed by atoms with Crippen molar-refractivity contribution in [1.29, 1.82) is 0 Å². The van der Waals surface area contributed by atoms with Crippen LogP contribution in [0.2, 0.25) is 0 Å². The molecule has 0 saturated carbocycles. The molecule has 0 radical (unpaired) electrons. The number of aromatic amines is 1. The molecule has 4 heteroatoms. The zero-order valence-corrected chi connectivity index (χ0v) is 28.0. The van der Waals surface area contributed by atoms with Crippen molar-refractivity contribution in [1.82, 2.24) is 14.5 Å². The summed E-state index contributed by atoms with van der Waals surface area (Å²) in [5, 5.41) is 6.26. The molecule has 2 N–H and O–H groups in total. The summed E-state index contributed by atoms with van der Waals surface area (Å²) >= 11 is 0. The molecule has 0 aliphatic heterocycles. The first kappa shape index (κ1) is 29.3. The second-order valence-electron chi connectivity index (χ2n) is 13.4. The Kier molecular flexibility index (Phi) is 6.91. The normalized spacial score (nSPS) is 12.2. The number of aryl methyl sites for hydroxylation is 2. The second-order valence-corrected chi connectivity index (χ2v) is 13.4. The number of H-pyrrole nitrogens is 1. The van der Waals surface area contributed by atoms with Crippen LogP contribution < -0.4 is 5.32 Å². The maximum atomic E-state index is 4.39. The van der Waals surface area contributed by atoms with Gasteiger partial charge in [-0.15, -0.1) is 0 Å². The Labute approximate surface area is 296 Å². The molecular weight excluding hydrogens is 621 g/mol. The molecule has 242 valence electrons. The molecule has 4 nitrogen and oxygen atoms in total. The van der Waals surface area contributed by atoms with Crippen molar-refractivity contribution < 1.29 is 0 Å². The number of benzene rings is 6. The van der Waals surface area contributed by atoms with Gasteiger partial charge in [0.1, 0.15) is 0 Å². The zero-order chi connectivity index (χ0) is 33.7. The molecule has 9 aromatic rings. The molecule has 3 heterocycles. The van der Waals surface area contributed by atoms with E-state index in [1.54, 1.807) is 0 Å². The lowest BCUT2D eigenvalue weighted by atomic mass is 9.83. The van der Waals surface area contributed by atoms with Crippen LogP contribution in [-0.2, 0) is 12.8 Å². The van der Waals surface area contributed by atoms with Crippen molar-refractivity contribution in [2.75, 3.05) is 5.32 Å². The summed E-state index contributed by atoms with van der Waals surface area (Å²) in [6.45, 7) is 0. The van der Waals surface area contributed by atoms with Gasteiger partial charge in [-0.1, -0.05) is 72.8 Å². The lowest BCUT2D eigenvalue weighted by Crippen LogP contribution is -2.05. The molecule has 0 unspecified atom stereocenters. The number of hydrogen-bond donors (Lipinski definition) is 2. The number of pyridine rings is 1. The van der Waals surface area contributed by atoms with Crippen molar-refractivity contribution in [3.8, 4) is 50.3 Å². The van der Waals surface area contributed by atoms with Gasteiger partial charge in [0.2, 0.25) is 0 Å². The molecule has 51 heavy (non-hydrogen) atoms. The Morgan fingerprint density at radius 2 is 1.31 bits per heavy atom. The standard InChI is InChI=1S/C47H34N4/c1-3-10-37(11-4-1)50-45-21-18-31(36-9-7-23-48-30-36)26-41(45)33-17-20-39-32(25-33)15-16-34-27-43-42-28-35(44-14-8-24-49-44)19-22-46(42)51(47(43)29-40(34)39)38-12-5-2-6-13-38/h1-14,17-30,49-50H,15-16H2. The Morgan fingerprint density at radius 3 is 2.12 bits per heavy atom. The molecule has 0 atom stereocenters. The Balaban J connectivity index is 1.12. The first-order chi connectivity index (χ1) is 25.3. The highest BCUT2D eigenvalue weighted by Crippen LogP contribution is 2.43. The van der Waals surface area contributed by atoms with Gasteiger partial charge in [0.05, 0.1) is 11.0 Å². The van der Waals surface area contributed by atoms with E-state index in [0.29, 0.717) is 0 Å². The number of fused-ring (bicyclic) bond motifs is 6. The number of aromatic nitrogens is 3. The average Bonchev–Trinajstić information content (AvgIpc) is 3.85. The van der Waals surface area contributed by atoms with E-state index in [2.05, 4.69) is 159 Å². The number of nitrogens with zero attached hydrogens (tertiary/aromatic N) is 2. The molecule has 3 aromatic heterocycles. The van der Waals surface area contributed by atoms with Crippen LogP contribution in [-0.4, -0.2) is 14.5 Å². The predicted molar refractivity (Wildman–Crippen MR) is 212 cm³/mol. The van der Waals surface area contributed by atoms with E-state index in [-0.39, 0.29) is 0 Å². The van der Waals surface area contributed by atoms with Crippen LogP contribution in [0.4, 0.5) is 11.4 Å². The number of para-hydroxylation sites is 2. The van der Waals surface area contributed by atoms with Gasteiger partial charge in [0, 0.05) is 63.2 Å². The third-order valence-corrected chi connectivity index (χ3v) is 10.4. The van der Waals surface area contributed by atoms with Crippen molar-refractivity contribution in [3.05, 3.63) is 181 Å². The zero-order valence-electron chi connectivity index (χ0n) is 28.0. The maximum Gasteiger partial charge on any atom is 0.0547 e. The Bertz CT molecular complexity index is 2690. The Hall–Kier alpha value is -6.65. The van der Waals surface area contributed by atoms with E-state index in [9.17, 15) is 0 Å². The second kappa shape index (κ2) is 12.0. The lowest BCUT2D eigenvalue weighted by molar-refractivity contribution is 0.944. The predicted octanol–water partition coefficient (Wildman–Crippen LogP) is 12.0. The highest BCUT2D eigenvalue weighted by atomic mass is 15.0. The molecular formula is C47H34N4. The van der Waals surface area contributed by atoms with Gasteiger partial charge in [-0.05, 0) is 131 Å². The first-order valence-corrected chi connectivity index (χ1v) is 17.6. The highest BCUT2D eigenvalue weighted by Gasteiger charge is 2.22. The number of anilines is 2. The van der Waals surface area contributed by atoms with Gasteiger partial charge in [-0.2, -0.15) is 0 Å². The number of hydrogen-bond acceptors (Lipinski definition) is 2. The van der Waals surface area contributed by atoms with E-state index < -0.39 is 0 Å². The SMILES string of the molecule is c1ccc(Nc2ccc(-c3cccnc3)cc2-c2ccc3c(c2)CCc2cc4c5cc(-c6ccc[nH]6)ccc5n(-c5ccccc5)c4cc2-3)cc1. The molecule has 0 spiro atoms. The fourth-order valence-corrected chi connectivity index (χ4v) is 7.88. The molecule has 0 bridgehead atoms. The van der Waals surface area contributed by atoms with E-state index in [4.69, 9.17) is 0 Å².